The fourth-order valence-electron chi connectivity index (χ4n) is 3.01. The molecule has 0 bridgehead atoms. The van der Waals surface area contributed by atoms with Gasteiger partial charge in [0.25, 0.3) is 0 Å². The van der Waals surface area contributed by atoms with Gasteiger partial charge in [-0.1, -0.05) is 12.1 Å². The van der Waals surface area contributed by atoms with E-state index in [4.69, 9.17) is 0 Å². The van der Waals surface area contributed by atoms with Crippen molar-refractivity contribution in [1.82, 2.24) is 5.32 Å². The van der Waals surface area contributed by atoms with Gasteiger partial charge in [-0.15, -0.1) is 0 Å². The highest BCUT2D eigenvalue weighted by Gasteiger charge is 2.32. The number of nitrogens with zero attached hydrogens (tertiary/aromatic N) is 2. The molecule has 20 heavy (non-hydrogen) atoms. The highest BCUT2D eigenvalue weighted by atomic mass is 32.2. The Balaban J connectivity index is 1.88. The van der Waals surface area contributed by atoms with E-state index in [-0.39, 0.29) is 11.8 Å². The maximum Gasteiger partial charge on any atom is 0.236 e. The predicted octanol–water partition coefficient (Wildman–Crippen LogP) is 1.02. The lowest BCUT2D eigenvalue weighted by Crippen LogP contribution is -2.46. The van der Waals surface area contributed by atoms with Crippen molar-refractivity contribution < 1.29 is 8.42 Å². The molecule has 0 radical (unpaired) electrons. The molecule has 110 valence electrons. The quantitative estimate of drug-likeness (QED) is 0.905. The Morgan fingerprint density at radius 1 is 1.25 bits per heavy atom. The number of benzene rings is 1. The molecule has 0 aromatic heterocycles. The summed E-state index contributed by atoms with van der Waals surface area (Å²) in [6.07, 6.45) is 2.02. The van der Waals surface area contributed by atoms with E-state index in [9.17, 15) is 8.42 Å². The summed E-state index contributed by atoms with van der Waals surface area (Å²) < 4.78 is 26.9. The summed E-state index contributed by atoms with van der Waals surface area (Å²) in [4.78, 5) is 2.11. The summed E-state index contributed by atoms with van der Waals surface area (Å²) in [6.45, 7) is 2.19. The van der Waals surface area contributed by atoms with Crippen LogP contribution in [0.5, 0.6) is 0 Å². The smallest absolute Gasteiger partial charge is 0.236 e. The third-order valence-corrected chi connectivity index (χ3v) is 5.98. The van der Waals surface area contributed by atoms with Crippen LogP contribution >= 0.6 is 0 Å². The van der Waals surface area contributed by atoms with E-state index < -0.39 is 10.0 Å². The summed E-state index contributed by atoms with van der Waals surface area (Å²) >= 11 is 0. The average Bonchev–Trinajstić information content (AvgIpc) is 2.91. The summed E-state index contributed by atoms with van der Waals surface area (Å²) in [6, 6.07) is 7.82. The minimum Gasteiger partial charge on any atom is -0.371 e. The van der Waals surface area contributed by atoms with Crippen molar-refractivity contribution in [3.05, 3.63) is 24.3 Å². The number of nitrogens with one attached hydrogen (secondary N) is 1. The van der Waals surface area contributed by atoms with Gasteiger partial charge in [-0.3, -0.25) is 4.31 Å². The fraction of sp³-hybridized carbons (Fsp3) is 0.571. The molecule has 6 heteroatoms. The number of sulfonamides is 1. The lowest BCUT2D eigenvalue weighted by atomic mass is 10.2. The zero-order valence-electron chi connectivity index (χ0n) is 11.7. The summed E-state index contributed by atoms with van der Waals surface area (Å²) in [5, 5.41) is 3.27. The van der Waals surface area contributed by atoms with Crippen LogP contribution in [0.2, 0.25) is 0 Å². The second kappa shape index (κ2) is 5.26. The van der Waals surface area contributed by atoms with E-state index in [0.717, 1.165) is 37.3 Å². The van der Waals surface area contributed by atoms with Crippen LogP contribution in [0.15, 0.2) is 24.3 Å². The number of rotatable bonds is 3. The second-order valence-electron chi connectivity index (χ2n) is 5.55. The fourth-order valence-corrected chi connectivity index (χ4v) is 4.80. The van der Waals surface area contributed by atoms with Gasteiger partial charge in [0.2, 0.25) is 10.0 Å². The molecule has 1 atom stereocenters. The largest absolute Gasteiger partial charge is 0.371 e. The maximum absolute atomic E-state index is 12.7. The third-order valence-electron chi connectivity index (χ3n) is 4.11. The highest BCUT2D eigenvalue weighted by Crippen LogP contribution is 2.33. The van der Waals surface area contributed by atoms with Gasteiger partial charge in [-0.05, 0) is 31.5 Å². The summed E-state index contributed by atoms with van der Waals surface area (Å²) in [5.74, 6) is 0.199. The van der Waals surface area contributed by atoms with Gasteiger partial charge in [-0.2, -0.15) is 0 Å². The van der Waals surface area contributed by atoms with Crippen LogP contribution in [0.4, 0.5) is 11.4 Å². The topological polar surface area (TPSA) is 52.7 Å². The van der Waals surface area contributed by atoms with E-state index >= 15 is 0 Å². The van der Waals surface area contributed by atoms with E-state index in [2.05, 4.69) is 10.2 Å². The molecular formula is C14H21N3O2S. The number of para-hydroxylation sites is 2. The zero-order chi connectivity index (χ0) is 14.2. The van der Waals surface area contributed by atoms with Crippen molar-refractivity contribution in [1.29, 1.82) is 0 Å². The number of hydrogen-bond donors (Lipinski definition) is 1. The predicted molar refractivity (Wildman–Crippen MR) is 81.9 cm³/mol. The number of hydrogen-bond acceptors (Lipinski definition) is 4. The Kier molecular flexibility index (Phi) is 3.60. The first-order valence-corrected chi connectivity index (χ1v) is 8.73. The van der Waals surface area contributed by atoms with E-state index in [1.54, 1.807) is 4.31 Å². The Bertz CT molecular complexity index is 582. The van der Waals surface area contributed by atoms with Crippen LogP contribution in [-0.4, -0.2) is 46.9 Å². The molecule has 2 aliphatic heterocycles. The lowest BCUT2D eigenvalue weighted by Gasteiger charge is -2.36. The standard InChI is InChI=1S/C14H21N3O2S/c1-16-9-10-17(14-7-3-2-6-13(14)16)20(18,19)11-12-5-4-8-15-12/h2-3,6-7,12,15H,4-5,8-11H2,1H3. The van der Waals surface area contributed by atoms with E-state index in [0.29, 0.717) is 6.54 Å². The zero-order valence-corrected chi connectivity index (χ0v) is 12.6. The molecule has 1 fully saturated rings. The molecule has 1 aromatic carbocycles. The summed E-state index contributed by atoms with van der Waals surface area (Å²) in [7, 11) is -1.26. The first-order chi connectivity index (χ1) is 9.58. The van der Waals surface area contributed by atoms with Crippen LogP contribution in [0.1, 0.15) is 12.8 Å². The SMILES string of the molecule is CN1CCN(S(=O)(=O)CC2CCCN2)c2ccccc21. The number of fused-ring (bicyclic) bond motifs is 1. The van der Waals surface area contributed by atoms with Gasteiger partial charge in [-0.25, -0.2) is 8.42 Å². The van der Waals surface area contributed by atoms with Gasteiger partial charge in [0, 0.05) is 19.6 Å². The molecule has 1 unspecified atom stereocenters. The molecule has 0 saturated carbocycles. The van der Waals surface area contributed by atoms with Crippen LogP contribution in [0.25, 0.3) is 0 Å². The number of anilines is 2. The molecule has 0 spiro atoms. The Hall–Kier alpha value is -1.27. The van der Waals surface area contributed by atoms with Crippen molar-refractivity contribution in [3.63, 3.8) is 0 Å². The maximum atomic E-state index is 12.7. The Labute approximate surface area is 120 Å². The van der Waals surface area contributed by atoms with Crippen molar-refractivity contribution in [2.45, 2.75) is 18.9 Å². The molecule has 0 amide bonds. The van der Waals surface area contributed by atoms with Gasteiger partial charge < -0.3 is 10.2 Å². The first-order valence-electron chi connectivity index (χ1n) is 7.12. The minimum atomic E-state index is -3.26. The van der Waals surface area contributed by atoms with Gasteiger partial charge >= 0.3 is 0 Å². The molecule has 1 saturated heterocycles. The highest BCUT2D eigenvalue weighted by molar-refractivity contribution is 7.92. The van der Waals surface area contributed by atoms with Crippen molar-refractivity contribution in [2.75, 3.05) is 41.6 Å². The van der Waals surface area contributed by atoms with Crippen LogP contribution in [0.3, 0.4) is 0 Å². The van der Waals surface area contributed by atoms with E-state index in [1.165, 1.54) is 0 Å². The Morgan fingerprint density at radius 3 is 2.70 bits per heavy atom. The van der Waals surface area contributed by atoms with Gasteiger partial charge in [0.1, 0.15) is 0 Å². The molecular weight excluding hydrogens is 274 g/mol. The lowest BCUT2D eigenvalue weighted by molar-refractivity contribution is 0.571. The molecule has 2 heterocycles. The number of likely N-dealkylation sites (N-methyl/N-ethyl adjacent to an activating group) is 1. The average molecular weight is 295 g/mol. The third kappa shape index (κ3) is 2.50. The van der Waals surface area contributed by atoms with Crippen LogP contribution in [-0.2, 0) is 10.0 Å². The van der Waals surface area contributed by atoms with Crippen LogP contribution in [0, 0.1) is 0 Å². The van der Waals surface area contributed by atoms with E-state index in [1.807, 2.05) is 31.3 Å². The first kappa shape index (κ1) is 13.7. The van der Waals surface area contributed by atoms with Crippen molar-refractivity contribution >= 4 is 21.4 Å². The molecule has 5 nitrogen and oxygen atoms in total. The van der Waals surface area contributed by atoms with Gasteiger partial charge in [0.15, 0.2) is 0 Å². The van der Waals surface area contributed by atoms with Gasteiger partial charge in [0.05, 0.1) is 23.7 Å². The summed E-state index contributed by atoms with van der Waals surface area (Å²) in [5.41, 5.74) is 1.79. The molecule has 1 N–H and O–H groups in total. The monoisotopic (exact) mass is 295 g/mol. The Morgan fingerprint density at radius 2 is 2.00 bits per heavy atom. The molecule has 1 aromatic rings. The van der Waals surface area contributed by atoms with Crippen LogP contribution < -0.4 is 14.5 Å². The molecule has 2 aliphatic rings. The van der Waals surface area contributed by atoms with Crippen molar-refractivity contribution in [3.8, 4) is 0 Å². The molecule has 3 rings (SSSR count). The normalized spacial score (nSPS) is 22.9. The van der Waals surface area contributed by atoms with Crippen molar-refractivity contribution in [2.24, 2.45) is 0 Å². The minimum absolute atomic E-state index is 0.104. The second-order valence-corrected chi connectivity index (χ2v) is 7.49. The molecule has 0 aliphatic carbocycles.